The van der Waals surface area contributed by atoms with Crippen molar-refractivity contribution in [2.24, 2.45) is 21.7 Å². The van der Waals surface area contributed by atoms with E-state index in [2.05, 4.69) is 79.6 Å². The third-order valence-electron chi connectivity index (χ3n) is 19.5. The summed E-state index contributed by atoms with van der Waals surface area (Å²) in [6.07, 6.45) is 1.58. The number of carboxylic acids is 2. The van der Waals surface area contributed by atoms with Gasteiger partial charge >= 0.3 is 17.9 Å². The van der Waals surface area contributed by atoms with Crippen LogP contribution in [0.3, 0.4) is 0 Å². The van der Waals surface area contributed by atoms with Crippen LogP contribution in [0, 0.1) is 21.7 Å². The molecule has 0 aliphatic carbocycles. The third-order valence-corrected chi connectivity index (χ3v) is 19.5. The second-order valence-corrected chi connectivity index (χ2v) is 36.7. The van der Waals surface area contributed by atoms with Crippen LogP contribution in [-0.2, 0) is 23.9 Å². The van der Waals surface area contributed by atoms with E-state index in [1.54, 1.807) is 218 Å². The fraction of sp³-hybridized carbons (Fsp3) is 0.236. The number of carboxylic acid groups (broad SMARTS) is 2. The normalized spacial score (nSPS) is 10.9. The first-order chi connectivity index (χ1) is 65.2. The Morgan fingerprint density at radius 3 is 0.558 bits per heavy atom. The highest BCUT2D eigenvalue weighted by atomic mass is 16.5. The first-order valence-electron chi connectivity index (χ1n) is 44.2. The number of quaternary nitrogens is 2. The van der Waals surface area contributed by atoms with Crippen LogP contribution >= 0.6 is 0 Å². The standard InChI is InChI=1S/C31H38N6O4.C28H29N3O5.C27H27N3O5.C20H22N2O4/c1-31(2,3)20-27(38)35-24-10-6-22(7-11-24)29(40)37-26-14-8-23(9-15-26)30(41)36-25-12-4-21(5-13-25)28(39)34-19-18-33-17-16-32;1-28(2,3)17-24(32)29-21-11-5-18(6-12-21)25(33)30-22-13-7-19(8-14-22)26(34)31-23-15-9-20(10-16-23)27(35)36-4;1-27(2,3)16-23(31)28-20-10-4-17(5-11-20)24(32)29-21-12-6-18(7-13-21)25(33)30-22-14-8-19(9-15-22)26(34)35;1-20(2,3)12-17(23)21-15-8-4-13(5-9-15)18(24)22-16-10-6-14(7-11-16)19(25)26/h4-15,33H,16-20,32H2,1-3H3,(H,34,39)(H,35,38)(H,36,41)(H,37,40);5-16H,17H2,1-4H3,(H,29,32)(H,30,33)(H,31,34);4-15H,16H2,1-3H3,(H,28,31)(H,29,32)(H,30,33)(H,34,35);4-11H,12H2,1-3H3,(H,21,23)(H,22,24)(H,25,26)/p+2. The second kappa shape index (κ2) is 50.5. The Morgan fingerprint density at radius 2 is 0.399 bits per heavy atom. The zero-order valence-electron chi connectivity index (χ0n) is 79.3. The molecule has 0 aliphatic rings. The predicted molar refractivity (Wildman–Crippen MR) is 534 cm³/mol. The summed E-state index contributed by atoms with van der Waals surface area (Å²) in [6, 6.07) is 70.6. The second-order valence-electron chi connectivity index (χ2n) is 36.7. The number of rotatable bonds is 31. The molecule has 32 nitrogen and oxygen atoms in total. The zero-order chi connectivity index (χ0) is 101. The molecule has 12 amide bonds. The number of ether oxygens (including phenoxy) is 1. The number of carbonyl (C=O) groups excluding carboxylic acids is 13. The number of hydrogen-bond donors (Lipinski definition) is 16. The summed E-state index contributed by atoms with van der Waals surface area (Å²) in [5.41, 5.74) is 13.6. The third kappa shape index (κ3) is 37.8. The molecule has 11 aromatic rings. The molecule has 0 saturated heterocycles. The van der Waals surface area contributed by atoms with Crippen molar-refractivity contribution >= 4 is 151 Å². The molecular weight excluding hydrogens is 1760 g/mol. The highest BCUT2D eigenvalue weighted by Crippen LogP contribution is 2.28. The van der Waals surface area contributed by atoms with Gasteiger partial charge in [-0.2, -0.15) is 0 Å². The number of nitrogens with one attached hydrogen (secondary N) is 12. The van der Waals surface area contributed by atoms with Gasteiger partial charge in [0.15, 0.2) is 0 Å². The number of hydrogen-bond acceptors (Lipinski definition) is 16. The highest BCUT2D eigenvalue weighted by Gasteiger charge is 2.23. The summed E-state index contributed by atoms with van der Waals surface area (Å²) in [6.45, 7) is 27.0. The molecule has 0 aliphatic heterocycles. The molecule has 32 heteroatoms. The highest BCUT2D eigenvalue weighted by molar-refractivity contribution is 6.11. The van der Waals surface area contributed by atoms with Gasteiger partial charge in [-0.3, -0.25) is 57.5 Å². The van der Waals surface area contributed by atoms with Gasteiger partial charge in [0, 0.05) is 133 Å². The van der Waals surface area contributed by atoms with Crippen LogP contribution in [0.25, 0.3) is 0 Å². The van der Waals surface area contributed by atoms with Crippen LogP contribution in [0.15, 0.2) is 267 Å². The Balaban J connectivity index is 0.000000228. The van der Waals surface area contributed by atoms with Gasteiger partial charge < -0.3 is 89.8 Å². The van der Waals surface area contributed by atoms with E-state index in [4.69, 9.17) is 10.2 Å². The number of methoxy groups -OCH3 is 1. The number of nitrogens with two attached hydrogens (primary N) is 1. The van der Waals surface area contributed by atoms with Crippen molar-refractivity contribution in [2.75, 3.05) is 91.8 Å². The van der Waals surface area contributed by atoms with Crippen LogP contribution in [0.1, 0.15) is 223 Å². The van der Waals surface area contributed by atoms with Crippen LogP contribution in [0.4, 0.5) is 62.6 Å². The molecule has 718 valence electrons. The van der Waals surface area contributed by atoms with E-state index in [9.17, 15) is 71.9 Å². The van der Waals surface area contributed by atoms with Gasteiger partial charge in [-0.25, -0.2) is 14.4 Å². The lowest BCUT2D eigenvalue weighted by Gasteiger charge is -2.17. The number of carbonyl (C=O) groups is 15. The number of aromatic carboxylic acids is 2. The molecule has 0 fully saturated rings. The minimum absolute atomic E-state index is 0.0757. The number of benzene rings is 11. The lowest BCUT2D eigenvalue weighted by Crippen LogP contribution is -2.89. The van der Waals surface area contributed by atoms with E-state index < -0.39 is 17.9 Å². The van der Waals surface area contributed by atoms with Crippen LogP contribution in [-0.4, -0.2) is 132 Å². The molecule has 11 rings (SSSR count). The molecule has 0 radical (unpaired) electrons. The maximum absolute atomic E-state index is 12.7. The molecule has 0 unspecified atom stereocenters. The van der Waals surface area contributed by atoms with Crippen LogP contribution in [0.2, 0.25) is 0 Å². The minimum atomic E-state index is -1.04. The van der Waals surface area contributed by atoms with Gasteiger partial charge in [0.05, 0.1) is 36.9 Å². The predicted octanol–water partition coefficient (Wildman–Crippen LogP) is 16.7. The molecular formula is C106H118N14O18+2. The van der Waals surface area contributed by atoms with E-state index in [0.29, 0.717) is 145 Å². The number of amides is 12. The molecule has 0 bridgehead atoms. The molecule has 0 spiro atoms. The van der Waals surface area contributed by atoms with Gasteiger partial charge in [0.25, 0.3) is 47.3 Å². The van der Waals surface area contributed by atoms with Crippen molar-refractivity contribution < 1.29 is 97.9 Å². The molecule has 19 N–H and O–H groups in total. The lowest BCUT2D eigenvalue weighted by molar-refractivity contribution is -0.668. The summed E-state index contributed by atoms with van der Waals surface area (Å²) < 4.78 is 4.66. The van der Waals surface area contributed by atoms with Crippen molar-refractivity contribution in [3.8, 4) is 0 Å². The maximum atomic E-state index is 12.7. The molecule has 138 heavy (non-hydrogen) atoms. The average molecular weight is 1880 g/mol. The van der Waals surface area contributed by atoms with Crippen LogP contribution < -0.4 is 74.9 Å². The SMILES string of the molecule is CC(C)(C)CC(=O)Nc1ccc(C(=O)Nc2ccc(C(=O)Nc3ccc(C(=O)NCC[NH2+]CC[NH3+])cc3)cc2)cc1.CC(C)(C)CC(=O)Nc1ccc(C(=O)Nc2ccc(C(=O)Nc3ccc(C(=O)O)cc3)cc2)cc1.CC(C)(C)CC(=O)Nc1ccc(C(=O)Nc2ccc(C(=O)O)cc2)cc1.COC(=O)c1ccc(NC(=O)c2ccc(NC(=O)c3ccc(NC(=O)CC(C)(C)C)cc3)cc2)cc1. The van der Waals surface area contributed by atoms with Crippen molar-refractivity contribution in [1.82, 2.24) is 5.32 Å². The van der Waals surface area contributed by atoms with E-state index in [1.807, 2.05) is 83.1 Å². The van der Waals surface area contributed by atoms with E-state index >= 15 is 0 Å². The topological polar surface area (TPSA) is 494 Å². The Labute approximate surface area is 800 Å². The summed E-state index contributed by atoms with van der Waals surface area (Å²) >= 11 is 0. The van der Waals surface area contributed by atoms with Crippen molar-refractivity contribution in [1.29, 1.82) is 0 Å². The number of esters is 1. The average Bonchev–Trinajstić information content (AvgIpc) is 0.854. The Hall–Kier alpha value is -16.6. The van der Waals surface area contributed by atoms with Gasteiger partial charge in [0.1, 0.15) is 13.1 Å². The molecule has 11 aromatic carbocycles. The Bertz CT molecular complexity index is 6090. The van der Waals surface area contributed by atoms with Crippen molar-refractivity contribution in [3.63, 3.8) is 0 Å². The van der Waals surface area contributed by atoms with Gasteiger partial charge in [-0.1, -0.05) is 83.1 Å². The van der Waals surface area contributed by atoms with E-state index in [0.717, 1.165) is 19.6 Å². The van der Waals surface area contributed by atoms with E-state index in [1.165, 1.54) is 55.6 Å². The molecule has 0 aromatic heterocycles. The maximum Gasteiger partial charge on any atom is 0.337 e. The van der Waals surface area contributed by atoms with Gasteiger partial charge in [-0.05, 0) is 289 Å². The fourth-order valence-electron chi connectivity index (χ4n) is 12.7. The van der Waals surface area contributed by atoms with E-state index in [-0.39, 0.29) is 104 Å². The summed E-state index contributed by atoms with van der Waals surface area (Å²) in [5, 5.41) is 53.4. The Morgan fingerprint density at radius 1 is 0.239 bits per heavy atom. The molecule has 0 saturated carbocycles. The Kier molecular flexibility index (Phi) is 39.0. The summed E-state index contributed by atoms with van der Waals surface area (Å²) in [4.78, 5) is 181. The fourth-order valence-corrected chi connectivity index (χ4v) is 12.7. The van der Waals surface area contributed by atoms with Crippen LogP contribution in [0.5, 0.6) is 0 Å². The largest absolute Gasteiger partial charge is 0.478 e. The van der Waals surface area contributed by atoms with Crippen molar-refractivity contribution in [3.05, 3.63) is 328 Å². The molecule has 0 atom stereocenters. The first kappa shape index (κ1) is 107. The summed E-state index contributed by atoms with van der Waals surface area (Å²) in [5.74, 6) is -5.29. The van der Waals surface area contributed by atoms with Crippen molar-refractivity contribution in [2.45, 2.75) is 109 Å². The molecule has 0 heterocycles. The monoisotopic (exact) mass is 1870 g/mol. The smallest absolute Gasteiger partial charge is 0.337 e. The summed E-state index contributed by atoms with van der Waals surface area (Å²) in [7, 11) is 1.30. The zero-order valence-corrected chi connectivity index (χ0v) is 79.3. The van der Waals surface area contributed by atoms with Gasteiger partial charge in [0.2, 0.25) is 23.6 Å². The first-order valence-corrected chi connectivity index (χ1v) is 44.2. The quantitative estimate of drug-likeness (QED) is 0.0142. The minimum Gasteiger partial charge on any atom is -0.478 e. The lowest BCUT2D eigenvalue weighted by atomic mass is 9.92. The number of anilines is 11. The van der Waals surface area contributed by atoms with Gasteiger partial charge in [-0.15, -0.1) is 0 Å².